The summed E-state index contributed by atoms with van der Waals surface area (Å²) in [5, 5.41) is 6.58. The van der Waals surface area contributed by atoms with Gasteiger partial charge in [0.1, 0.15) is 11.6 Å². The average molecular weight is 252 g/mol. The van der Waals surface area contributed by atoms with Gasteiger partial charge in [-0.05, 0) is 20.8 Å². The Bertz CT molecular complexity index is 489. The van der Waals surface area contributed by atoms with Gasteiger partial charge in [0.2, 0.25) is 5.91 Å². The molecule has 7 heteroatoms. The number of aromatic amines is 1. The third-order valence-electron chi connectivity index (χ3n) is 2.58. The van der Waals surface area contributed by atoms with Gasteiger partial charge in [-0.15, -0.1) is 0 Å². The van der Waals surface area contributed by atoms with Crippen LogP contribution in [-0.2, 0) is 16.1 Å². The van der Waals surface area contributed by atoms with Crippen LogP contribution in [0.4, 0.5) is 4.79 Å². The Morgan fingerprint density at radius 3 is 2.78 bits per heavy atom. The van der Waals surface area contributed by atoms with E-state index in [4.69, 9.17) is 10.5 Å². The highest BCUT2D eigenvalue weighted by atomic mass is 16.6. The summed E-state index contributed by atoms with van der Waals surface area (Å²) in [6, 6.07) is -0.811. The van der Waals surface area contributed by atoms with Gasteiger partial charge in [0, 0.05) is 5.56 Å². The molecule has 1 aromatic heterocycles. The Labute approximate surface area is 104 Å². The first-order valence-corrected chi connectivity index (χ1v) is 5.60. The molecule has 0 aliphatic carbocycles. The fourth-order valence-corrected chi connectivity index (χ4v) is 1.91. The lowest BCUT2D eigenvalue weighted by molar-refractivity contribution is -0.123. The number of hydrogen-bond donors (Lipinski definition) is 2. The molecule has 18 heavy (non-hydrogen) atoms. The first-order chi connectivity index (χ1) is 8.29. The van der Waals surface area contributed by atoms with E-state index in [-0.39, 0.29) is 6.54 Å². The van der Waals surface area contributed by atoms with Crippen molar-refractivity contribution < 1.29 is 14.3 Å². The molecule has 0 saturated heterocycles. The van der Waals surface area contributed by atoms with Crippen LogP contribution in [0.25, 0.3) is 0 Å². The van der Waals surface area contributed by atoms with E-state index >= 15 is 0 Å². The molecular formula is C11H16N4O3. The van der Waals surface area contributed by atoms with Crippen molar-refractivity contribution in [1.82, 2.24) is 15.1 Å². The van der Waals surface area contributed by atoms with Gasteiger partial charge >= 0.3 is 6.09 Å². The molecule has 1 aromatic rings. The summed E-state index contributed by atoms with van der Waals surface area (Å²) in [4.78, 5) is 24.8. The van der Waals surface area contributed by atoms with E-state index in [1.54, 1.807) is 20.8 Å². The minimum absolute atomic E-state index is 0.248. The third kappa shape index (κ3) is 2.15. The number of fused-ring (bicyclic) bond motifs is 1. The number of ether oxygens (including phenoxy) is 1. The highest BCUT2D eigenvalue weighted by molar-refractivity contribution is 5.87. The van der Waals surface area contributed by atoms with E-state index in [0.29, 0.717) is 11.3 Å². The number of H-pyrrole nitrogens is 1. The van der Waals surface area contributed by atoms with Crippen LogP contribution in [0.3, 0.4) is 0 Å². The van der Waals surface area contributed by atoms with Crippen LogP contribution in [0.15, 0.2) is 6.20 Å². The smallest absolute Gasteiger partial charge is 0.411 e. The highest BCUT2D eigenvalue weighted by Crippen LogP contribution is 2.33. The first kappa shape index (κ1) is 12.4. The lowest BCUT2D eigenvalue weighted by Gasteiger charge is -2.27. The Hall–Kier alpha value is -2.05. The molecule has 2 amide bonds. The molecule has 0 saturated carbocycles. The van der Waals surface area contributed by atoms with Crippen molar-refractivity contribution >= 4 is 12.0 Å². The van der Waals surface area contributed by atoms with E-state index in [1.807, 2.05) is 0 Å². The number of amides is 2. The second-order valence-corrected chi connectivity index (χ2v) is 5.22. The maximum atomic E-state index is 12.0. The molecule has 1 atom stereocenters. The molecule has 0 radical (unpaired) electrons. The highest BCUT2D eigenvalue weighted by Gasteiger charge is 2.40. The number of nitrogens with zero attached hydrogens (tertiary/aromatic N) is 2. The van der Waals surface area contributed by atoms with E-state index in [0.717, 1.165) is 0 Å². The number of primary amides is 1. The molecule has 0 unspecified atom stereocenters. The summed E-state index contributed by atoms with van der Waals surface area (Å²) in [6.07, 6.45) is 0.950. The quantitative estimate of drug-likeness (QED) is 0.767. The summed E-state index contributed by atoms with van der Waals surface area (Å²) in [6.45, 7) is 5.54. The number of carbonyl (C=O) groups excluding carboxylic acids is 2. The van der Waals surface area contributed by atoms with Crippen LogP contribution in [0.2, 0.25) is 0 Å². The van der Waals surface area contributed by atoms with Gasteiger partial charge < -0.3 is 10.5 Å². The molecule has 0 bridgehead atoms. The summed E-state index contributed by atoms with van der Waals surface area (Å²) >= 11 is 0. The van der Waals surface area contributed by atoms with Crippen molar-refractivity contribution in [3.05, 3.63) is 17.5 Å². The van der Waals surface area contributed by atoms with E-state index in [1.165, 1.54) is 11.1 Å². The Morgan fingerprint density at radius 2 is 2.22 bits per heavy atom. The second kappa shape index (κ2) is 4.01. The molecule has 7 nitrogen and oxygen atoms in total. The fraction of sp³-hybridized carbons (Fsp3) is 0.545. The largest absolute Gasteiger partial charge is 0.444 e. The van der Waals surface area contributed by atoms with Crippen molar-refractivity contribution in [2.45, 2.75) is 39.0 Å². The topological polar surface area (TPSA) is 101 Å². The SMILES string of the molecule is CC(C)(C)OC(=O)N1Cc2[nH]ncc2[C@@H]1C(N)=O. The lowest BCUT2D eigenvalue weighted by atomic mass is 10.1. The normalized spacial score (nSPS) is 18.6. The second-order valence-electron chi connectivity index (χ2n) is 5.22. The minimum atomic E-state index is -0.811. The molecule has 2 rings (SSSR count). The summed E-state index contributed by atoms with van der Waals surface area (Å²) in [7, 11) is 0. The molecule has 0 fully saturated rings. The Balaban J connectivity index is 2.23. The lowest BCUT2D eigenvalue weighted by Crippen LogP contribution is -2.40. The number of aromatic nitrogens is 2. The van der Waals surface area contributed by atoms with Gasteiger partial charge in [0.05, 0.1) is 18.4 Å². The molecule has 1 aliphatic heterocycles. The van der Waals surface area contributed by atoms with Gasteiger partial charge in [-0.2, -0.15) is 5.10 Å². The van der Waals surface area contributed by atoms with E-state index in [9.17, 15) is 9.59 Å². The number of rotatable bonds is 1. The fourth-order valence-electron chi connectivity index (χ4n) is 1.91. The molecule has 2 heterocycles. The average Bonchev–Trinajstić information content (AvgIpc) is 2.70. The minimum Gasteiger partial charge on any atom is -0.444 e. The molecule has 98 valence electrons. The number of nitrogens with two attached hydrogens (primary N) is 1. The predicted octanol–water partition coefficient (Wildman–Crippen LogP) is 0.687. The Morgan fingerprint density at radius 1 is 1.56 bits per heavy atom. The van der Waals surface area contributed by atoms with Crippen LogP contribution in [0, 0.1) is 0 Å². The van der Waals surface area contributed by atoms with Crippen LogP contribution in [-0.4, -0.2) is 32.7 Å². The zero-order valence-electron chi connectivity index (χ0n) is 10.6. The predicted molar refractivity (Wildman–Crippen MR) is 62.3 cm³/mol. The van der Waals surface area contributed by atoms with Gasteiger partial charge in [0.15, 0.2) is 0 Å². The van der Waals surface area contributed by atoms with Crippen LogP contribution < -0.4 is 5.73 Å². The molecule has 3 N–H and O–H groups in total. The third-order valence-corrected chi connectivity index (χ3v) is 2.58. The van der Waals surface area contributed by atoms with Crippen LogP contribution in [0.5, 0.6) is 0 Å². The zero-order chi connectivity index (χ0) is 13.5. The number of hydrogen-bond acceptors (Lipinski definition) is 4. The van der Waals surface area contributed by atoms with Gasteiger partial charge in [0.25, 0.3) is 0 Å². The van der Waals surface area contributed by atoms with Crippen molar-refractivity contribution in [3.63, 3.8) is 0 Å². The molecule has 0 spiro atoms. The van der Waals surface area contributed by atoms with Crippen LogP contribution >= 0.6 is 0 Å². The van der Waals surface area contributed by atoms with E-state index < -0.39 is 23.6 Å². The van der Waals surface area contributed by atoms with Crippen molar-refractivity contribution in [2.24, 2.45) is 5.73 Å². The number of carbonyl (C=O) groups is 2. The van der Waals surface area contributed by atoms with Crippen molar-refractivity contribution in [3.8, 4) is 0 Å². The van der Waals surface area contributed by atoms with Gasteiger partial charge in [-0.3, -0.25) is 14.8 Å². The molecular weight excluding hydrogens is 236 g/mol. The molecule has 1 aliphatic rings. The zero-order valence-corrected chi connectivity index (χ0v) is 10.6. The van der Waals surface area contributed by atoms with Gasteiger partial charge in [-0.1, -0.05) is 0 Å². The first-order valence-electron chi connectivity index (χ1n) is 5.60. The van der Waals surface area contributed by atoms with Crippen molar-refractivity contribution in [1.29, 1.82) is 0 Å². The standard InChI is InChI=1S/C11H16N4O3/c1-11(2,3)18-10(17)15-5-7-6(4-13-14-7)8(15)9(12)16/h4,8H,5H2,1-3H3,(H2,12,16)(H,13,14)/t8-/m1/s1. The summed E-state index contributed by atoms with van der Waals surface area (Å²) in [5.74, 6) is -0.596. The van der Waals surface area contributed by atoms with Crippen molar-refractivity contribution in [2.75, 3.05) is 0 Å². The molecule has 0 aromatic carbocycles. The van der Waals surface area contributed by atoms with Crippen LogP contribution in [0.1, 0.15) is 38.1 Å². The Kier molecular flexibility index (Phi) is 2.76. The maximum Gasteiger partial charge on any atom is 0.411 e. The monoisotopic (exact) mass is 252 g/mol. The maximum absolute atomic E-state index is 12.0. The summed E-state index contributed by atoms with van der Waals surface area (Å²) < 4.78 is 5.25. The summed E-state index contributed by atoms with van der Waals surface area (Å²) in [5.41, 5.74) is 6.06. The van der Waals surface area contributed by atoms with Gasteiger partial charge in [-0.25, -0.2) is 4.79 Å². The van der Waals surface area contributed by atoms with E-state index in [2.05, 4.69) is 10.2 Å². The number of nitrogens with one attached hydrogen (secondary N) is 1.